The first kappa shape index (κ1) is 11.8. The molecule has 0 aliphatic carbocycles. The highest BCUT2D eigenvalue weighted by molar-refractivity contribution is 5.25. The molecule has 1 aromatic carbocycles. The zero-order chi connectivity index (χ0) is 12.3. The van der Waals surface area contributed by atoms with Gasteiger partial charge in [0.1, 0.15) is 12.4 Å². The van der Waals surface area contributed by atoms with Crippen LogP contribution in [0.5, 0.6) is 0 Å². The first-order chi connectivity index (χ1) is 8.22. The molecule has 0 spiro atoms. The molecular formula is C15H19NO. The van der Waals surface area contributed by atoms with Gasteiger partial charge in [-0.05, 0) is 18.9 Å². The van der Waals surface area contributed by atoms with E-state index < -0.39 is 0 Å². The van der Waals surface area contributed by atoms with Crippen molar-refractivity contribution in [1.29, 1.82) is 0 Å². The first-order valence-electron chi connectivity index (χ1n) is 5.97. The van der Waals surface area contributed by atoms with Crippen molar-refractivity contribution in [2.45, 2.75) is 19.4 Å². The van der Waals surface area contributed by atoms with E-state index in [4.69, 9.17) is 4.74 Å². The van der Waals surface area contributed by atoms with Gasteiger partial charge in [0.05, 0.1) is 11.7 Å². The Balaban J connectivity index is 2.10. The Hall–Kier alpha value is -1.70. The van der Waals surface area contributed by atoms with Crippen LogP contribution in [0.25, 0.3) is 0 Å². The van der Waals surface area contributed by atoms with Crippen LogP contribution in [0.4, 0.5) is 0 Å². The average Bonchev–Trinajstić information content (AvgIpc) is 2.35. The fourth-order valence-electron chi connectivity index (χ4n) is 2.22. The first-order valence-corrected chi connectivity index (χ1v) is 5.97. The molecule has 0 amide bonds. The summed E-state index contributed by atoms with van der Waals surface area (Å²) in [5.74, 6) is 0.777. The van der Waals surface area contributed by atoms with Crippen LogP contribution in [0.2, 0.25) is 0 Å². The van der Waals surface area contributed by atoms with Crippen LogP contribution in [0.1, 0.15) is 12.5 Å². The molecule has 1 aliphatic heterocycles. The van der Waals surface area contributed by atoms with E-state index in [9.17, 15) is 0 Å². The van der Waals surface area contributed by atoms with Gasteiger partial charge in [0.25, 0.3) is 0 Å². The monoisotopic (exact) mass is 229 g/mol. The smallest absolute Gasteiger partial charge is 0.135 e. The molecule has 2 rings (SSSR count). The summed E-state index contributed by atoms with van der Waals surface area (Å²) in [5, 5.41) is 0. The van der Waals surface area contributed by atoms with Gasteiger partial charge in [0.15, 0.2) is 0 Å². The molecule has 0 saturated carbocycles. The lowest BCUT2D eigenvalue weighted by Gasteiger charge is -2.37. The Morgan fingerprint density at radius 1 is 1.41 bits per heavy atom. The van der Waals surface area contributed by atoms with E-state index in [1.54, 1.807) is 0 Å². The standard InChI is InChI=1S/C15H19NO/c1-4-15-12(2)17-11-14(16(15)3)10-13-8-6-5-7-9-13/h4-9,14H,2,10-11H2,1,3H3. The maximum Gasteiger partial charge on any atom is 0.135 e. The highest BCUT2D eigenvalue weighted by Crippen LogP contribution is 2.24. The molecule has 1 unspecified atom stereocenters. The van der Waals surface area contributed by atoms with Crippen LogP contribution in [-0.2, 0) is 11.2 Å². The summed E-state index contributed by atoms with van der Waals surface area (Å²) in [5.41, 5.74) is 2.44. The fourth-order valence-corrected chi connectivity index (χ4v) is 2.22. The van der Waals surface area contributed by atoms with Crippen molar-refractivity contribution in [2.75, 3.05) is 13.7 Å². The lowest BCUT2D eigenvalue weighted by Crippen LogP contribution is -2.41. The third kappa shape index (κ3) is 2.52. The second kappa shape index (κ2) is 5.09. The maximum atomic E-state index is 5.63. The molecule has 0 bridgehead atoms. The van der Waals surface area contributed by atoms with Gasteiger partial charge in [-0.2, -0.15) is 0 Å². The highest BCUT2D eigenvalue weighted by atomic mass is 16.5. The van der Waals surface area contributed by atoms with Crippen LogP contribution < -0.4 is 0 Å². The molecule has 17 heavy (non-hydrogen) atoms. The minimum atomic E-state index is 0.383. The van der Waals surface area contributed by atoms with Gasteiger partial charge in [-0.1, -0.05) is 43.0 Å². The van der Waals surface area contributed by atoms with E-state index in [0.717, 1.165) is 17.9 Å². The van der Waals surface area contributed by atoms with E-state index in [-0.39, 0.29) is 0 Å². The third-order valence-corrected chi connectivity index (χ3v) is 3.25. The summed E-state index contributed by atoms with van der Waals surface area (Å²) < 4.78 is 5.63. The number of hydrogen-bond acceptors (Lipinski definition) is 2. The zero-order valence-electron chi connectivity index (χ0n) is 10.5. The largest absolute Gasteiger partial charge is 0.490 e. The molecular weight excluding hydrogens is 210 g/mol. The summed E-state index contributed by atoms with van der Waals surface area (Å²) in [4.78, 5) is 2.26. The lowest BCUT2D eigenvalue weighted by molar-refractivity contribution is 0.0889. The topological polar surface area (TPSA) is 12.5 Å². The van der Waals surface area contributed by atoms with E-state index in [2.05, 4.69) is 48.9 Å². The molecule has 2 heteroatoms. The molecule has 0 aromatic heterocycles. The summed E-state index contributed by atoms with van der Waals surface area (Å²) in [6.45, 7) is 6.66. The van der Waals surface area contributed by atoms with Gasteiger partial charge in [-0.15, -0.1) is 0 Å². The average molecular weight is 229 g/mol. The predicted octanol–water partition coefficient (Wildman–Crippen LogP) is 2.98. The van der Waals surface area contributed by atoms with Crippen molar-refractivity contribution in [1.82, 2.24) is 4.90 Å². The Morgan fingerprint density at radius 2 is 2.12 bits per heavy atom. The van der Waals surface area contributed by atoms with E-state index in [0.29, 0.717) is 12.6 Å². The molecule has 1 aromatic rings. The van der Waals surface area contributed by atoms with Gasteiger partial charge >= 0.3 is 0 Å². The van der Waals surface area contributed by atoms with Crippen molar-refractivity contribution in [3.63, 3.8) is 0 Å². The number of ether oxygens (including phenoxy) is 1. The Bertz CT molecular complexity index is 422. The summed E-state index contributed by atoms with van der Waals surface area (Å²) >= 11 is 0. The van der Waals surface area contributed by atoms with E-state index in [1.165, 1.54) is 5.56 Å². The normalized spacial score (nSPS) is 22.7. The van der Waals surface area contributed by atoms with Crippen molar-refractivity contribution < 1.29 is 4.74 Å². The minimum absolute atomic E-state index is 0.383. The van der Waals surface area contributed by atoms with Crippen molar-refractivity contribution in [3.8, 4) is 0 Å². The highest BCUT2D eigenvalue weighted by Gasteiger charge is 2.25. The Labute approximate surface area is 103 Å². The van der Waals surface area contributed by atoms with E-state index >= 15 is 0 Å². The zero-order valence-corrected chi connectivity index (χ0v) is 10.5. The third-order valence-electron chi connectivity index (χ3n) is 3.25. The van der Waals surface area contributed by atoms with Crippen molar-refractivity contribution in [2.24, 2.45) is 0 Å². The molecule has 1 aliphatic rings. The van der Waals surface area contributed by atoms with Crippen LogP contribution in [-0.4, -0.2) is 24.6 Å². The second-order valence-corrected chi connectivity index (χ2v) is 4.36. The van der Waals surface area contributed by atoms with Crippen LogP contribution >= 0.6 is 0 Å². The number of allylic oxidation sites excluding steroid dienone is 1. The fraction of sp³-hybridized carbons (Fsp3) is 0.333. The summed E-state index contributed by atoms with van der Waals surface area (Å²) in [7, 11) is 2.11. The molecule has 2 nitrogen and oxygen atoms in total. The summed E-state index contributed by atoms with van der Waals surface area (Å²) in [6.07, 6.45) is 3.06. The van der Waals surface area contributed by atoms with Gasteiger partial charge < -0.3 is 9.64 Å². The molecule has 1 atom stereocenters. The summed E-state index contributed by atoms with van der Waals surface area (Å²) in [6, 6.07) is 10.9. The SMILES string of the molecule is C=C1OCC(Cc2ccccc2)N(C)C1=CC. The number of rotatable bonds is 2. The molecule has 0 N–H and O–H groups in total. The van der Waals surface area contributed by atoms with Gasteiger partial charge in [-0.25, -0.2) is 0 Å². The second-order valence-electron chi connectivity index (χ2n) is 4.36. The maximum absolute atomic E-state index is 5.63. The predicted molar refractivity (Wildman–Crippen MR) is 70.5 cm³/mol. The minimum Gasteiger partial charge on any atom is -0.490 e. The van der Waals surface area contributed by atoms with Crippen LogP contribution in [0.3, 0.4) is 0 Å². The van der Waals surface area contributed by atoms with Crippen molar-refractivity contribution >= 4 is 0 Å². The number of likely N-dealkylation sites (N-methyl/N-ethyl adjacent to an activating group) is 1. The van der Waals surface area contributed by atoms with Crippen LogP contribution in [0.15, 0.2) is 54.4 Å². The number of morpholine rings is 1. The lowest BCUT2D eigenvalue weighted by atomic mass is 10.0. The van der Waals surface area contributed by atoms with Gasteiger partial charge in [-0.3, -0.25) is 0 Å². The van der Waals surface area contributed by atoms with Crippen LogP contribution in [0, 0.1) is 0 Å². The molecule has 1 saturated heterocycles. The van der Waals surface area contributed by atoms with Crippen molar-refractivity contribution in [3.05, 3.63) is 60.0 Å². The van der Waals surface area contributed by atoms with Gasteiger partial charge in [0.2, 0.25) is 0 Å². The Morgan fingerprint density at radius 3 is 2.76 bits per heavy atom. The van der Waals surface area contributed by atoms with E-state index in [1.807, 2.05) is 13.0 Å². The molecule has 0 radical (unpaired) electrons. The molecule has 1 fully saturated rings. The van der Waals surface area contributed by atoms with Gasteiger partial charge in [0, 0.05) is 7.05 Å². The Kier molecular flexibility index (Phi) is 3.52. The number of nitrogens with zero attached hydrogens (tertiary/aromatic N) is 1. The number of hydrogen-bond donors (Lipinski definition) is 0. The molecule has 90 valence electrons. The quantitative estimate of drug-likeness (QED) is 0.773. The molecule has 1 heterocycles. The number of benzene rings is 1.